The highest BCUT2D eigenvalue weighted by Gasteiger charge is 2.23. The lowest BCUT2D eigenvalue weighted by Gasteiger charge is -2.30. The summed E-state index contributed by atoms with van der Waals surface area (Å²) in [6.45, 7) is 10.0. The molecular weight excluding hydrogens is 558 g/mol. The molecule has 3 heterocycles. The van der Waals surface area contributed by atoms with Crippen molar-refractivity contribution in [1.82, 2.24) is 9.97 Å². The van der Waals surface area contributed by atoms with Crippen molar-refractivity contribution in [2.75, 3.05) is 48.4 Å². The lowest BCUT2D eigenvalue weighted by molar-refractivity contribution is 0.122. The van der Waals surface area contributed by atoms with Crippen LogP contribution in [-0.2, 0) is 28.7 Å². The van der Waals surface area contributed by atoms with E-state index >= 15 is 0 Å². The van der Waals surface area contributed by atoms with Gasteiger partial charge in [0.2, 0.25) is 0 Å². The lowest BCUT2D eigenvalue weighted by Crippen LogP contribution is -2.36. The van der Waals surface area contributed by atoms with Crippen LogP contribution in [0.2, 0.25) is 5.02 Å². The molecule has 1 saturated heterocycles. The predicted octanol–water partition coefficient (Wildman–Crippen LogP) is 7.21. The molecular formula is C31H40ClN5O3S. The van der Waals surface area contributed by atoms with E-state index < -0.39 is 6.09 Å². The lowest BCUT2D eigenvalue weighted by atomic mass is 10.0. The van der Waals surface area contributed by atoms with E-state index in [1.165, 1.54) is 4.88 Å². The zero-order valence-corrected chi connectivity index (χ0v) is 25.7. The first-order valence-electron chi connectivity index (χ1n) is 14.7. The summed E-state index contributed by atoms with van der Waals surface area (Å²) in [5.74, 6) is 1.33. The average Bonchev–Trinajstić information content (AvgIpc) is 3.74. The second kappa shape index (κ2) is 13.9. The summed E-state index contributed by atoms with van der Waals surface area (Å²) >= 11 is 8.30. The van der Waals surface area contributed by atoms with Crippen LogP contribution in [-0.4, -0.2) is 49.0 Å². The minimum atomic E-state index is -0.447. The topological polar surface area (TPSA) is 88.6 Å². The number of halogens is 1. The van der Waals surface area contributed by atoms with E-state index in [4.69, 9.17) is 31.0 Å². The number of morpholine rings is 1. The number of nitrogens with zero attached hydrogens (tertiary/aromatic N) is 3. The number of hydrogen-bond acceptors (Lipinski definition) is 8. The maximum absolute atomic E-state index is 12.3. The van der Waals surface area contributed by atoms with Crippen LogP contribution in [0.3, 0.4) is 0 Å². The smallest absolute Gasteiger partial charge is 0.411 e. The molecule has 2 aliphatic rings. The molecule has 0 radical (unpaired) electrons. The molecule has 1 atom stereocenters. The van der Waals surface area contributed by atoms with E-state index in [0.29, 0.717) is 23.2 Å². The van der Waals surface area contributed by atoms with Gasteiger partial charge >= 0.3 is 6.09 Å². The van der Waals surface area contributed by atoms with Gasteiger partial charge in [0.05, 0.1) is 36.6 Å². The minimum Gasteiger partial charge on any atom is -0.449 e. The van der Waals surface area contributed by atoms with Gasteiger partial charge in [-0.2, -0.15) is 0 Å². The number of anilines is 3. The van der Waals surface area contributed by atoms with Crippen LogP contribution in [0.25, 0.3) is 0 Å². The molecule has 2 fully saturated rings. The number of aryl methyl sites for hydroxylation is 4. The largest absolute Gasteiger partial charge is 0.449 e. The van der Waals surface area contributed by atoms with E-state index in [-0.39, 0.29) is 6.04 Å². The second-order valence-corrected chi connectivity index (χ2v) is 12.4. The van der Waals surface area contributed by atoms with Crippen LogP contribution in [0.15, 0.2) is 30.3 Å². The van der Waals surface area contributed by atoms with E-state index in [9.17, 15) is 4.79 Å². The molecule has 2 aromatic heterocycles. The van der Waals surface area contributed by atoms with Crippen molar-refractivity contribution in [2.24, 2.45) is 5.92 Å². The number of rotatable bonds is 12. The van der Waals surface area contributed by atoms with Crippen molar-refractivity contribution in [2.45, 2.75) is 65.3 Å². The van der Waals surface area contributed by atoms with Gasteiger partial charge in [0, 0.05) is 52.5 Å². The molecule has 0 spiro atoms. The number of carbonyl (C=O) groups excluding carboxylic acids is 1. The Morgan fingerprint density at radius 1 is 1.15 bits per heavy atom. The summed E-state index contributed by atoms with van der Waals surface area (Å²) in [5, 5.41) is 8.21. The van der Waals surface area contributed by atoms with E-state index in [0.717, 1.165) is 98.3 Å². The van der Waals surface area contributed by atoms with Gasteiger partial charge in [-0.15, -0.1) is 11.3 Å². The summed E-state index contributed by atoms with van der Waals surface area (Å²) in [7, 11) is 0. The van der Waals surface area contributed by atoms with Gasteiger partial charge in [-0.25, -0.2) is 14.8 Å². The third-order valence-corrected chi connectivity index (χ3v) is 9.12. The summed E-state index contributed by atoms with van der Waals surface area (Å²) in [4.78, 5) is 25.8. The molecule has 5 rings (SSSR count). The summed E-state index contributed by atoms with van der Waals surface area (Å²) in [5.41, 5.74) is 4.91. The number of pyridine rings is 1. The van der Waals surface area contributed by atoms with Gasteiger partial charge < -0.3 is 19.7 Å². The molecule has 41 heavy (non-hydrogen) atoms. The zero-order chi connectivity index (χ0) is 28.8. The number of amides is 1. The van der Waals surface area contributed by atoms with Crippen LogP contribution in [0.5, 0.6) is 0 Å². The quantitative estimate of drug-likeness (QED) is 0.228. The molecule has 8 nitrogen and oxygen atoms in total. The molecule has 1 aromatic carbocycles. The number of carbonyl (C=O) groups is 1. The van der Waals surface area contributed by atoms with Crippen LogP contribution >= 0.6 is 22.9 Å². The van der Waals surface area contributed by atoms with Crippen molar-refractivity contribution in [1.29, 1.82) is 0 Å². The third-order valence-electron chi connectivity index (χ3n) is 7.54. The Bertz CT molecular complexity index is 1340. The van der Waals surface area contributed by atoms with E-state index in [2.05, 4.69) is 48.4 Å². The van der Waals surface area contributed by atoms with Crippen molar-refractivity contribution < 1.29 is 14.3 Å². The summed E-state index contributed by atoms with van der Waals surface area (Å²) in [6.07, 6.45) is 5.32. The number of ether oxygens (including phenoxy) is 2. The Kier molecular flexibility index (Phi) is 10.0. The zero-order valence-electron chi connectivity index (χ0n) is 24.2. The minimum absolute atomic E-state index is 0.0502. The first-order valence-corrected chi connectivity index (χ1v) is 15.9. The Hall–Kier alpha value is -2.88. The Morgan fingerprint density at radius 3 is 2.66 bits per heavy atom. The Balaban J connectivity index is 1.34. The Labute approximate surface area is 251 Å². The number of hydrogen-bond donors (Lipinski definition) is 2. The molecule has 1 saturated carbocycles. The van der Waals surface area contributed by atoms with Crippen LogP contribution in [0.1, 0.15) is 66.0 Å². The van der Waals surface area contributed by atoms with Crippen molar-refractivity contribution in [3.63, 3.8) is 0 Å². The number of benzene rings is 1. The third kappa shape index (κ3) is 8.33. The maximum atomic E-state index is 12.3. The maximum Gasteiger partial charge on any atom is 0.411 e. The number of thiazole rings is 1. The highest BCUT2D eigenvalue weighted by molar-refractivity contribution is 7.11. The fraction of sp³-hybridized carbons (Fsp3) is 0.516. The average molecular weight is 598 g/mol. The summed E-state index contributed by atoms with van der Waals surface area (Å²) < 4.78 is 10.9. The summed E-state index contributed by atoms with van der Waals surface area (Å²) in [6, 6.07) is 9.91. The van der Waals surface area contributed by atoms with Gasteiger partial charge in [-0.3, -0.25) is 5.32 Å². The Morgan fingerprint density at radius 2 is 1.95 bits per heavy atom. The van der Waals surface area contributed by atoms with Crippen LogP contribution in [0.4, 0.5) is 22.0 Å². The number of nitrogens with one attached hydrogen (secondary N) is 2. The van der Waals surface area contributed by atoms with Gasteiger partial charge in [0.1, 0.15) is 5.82 Å². The first kappa shape index (κ1) is 29.6. The van der Waals surface area contributed by atoms with E-state index in [1.807, 2.05) is 23.5 Å². The fourth-order valence-corrected chi connectivity index (χ4v) is 6.31. The standard InChI is InChI=1S/C31H40ClN5O3S/c1-4-27(22-14-23(32)16-25(15-22)35-31(38)40-19-21-6-7-21)36-29-18-26(37-10-12-39-13-11-37)17-24(34-29)8-9-30-33-20(3)28(5-2)41-30/h14-18,21,27H,4-13,19H2,1-3H3,(H,34,36)(H,35,38). The monoisotopic (exact) mass is 597 g/mol. The molecule has 1 unspecified atom stereocenters. The highest BCUT2D eigenvalue weighted by atomic mass is 35.5. The fourth-order valence-electron chi connectivity index (χ4n) is 5.05. The molecule has 1 aliphatic heterocycles. The molecule has 3 aromatic rings. The highest BCUT2D eigenvalue weighted by Crippen LogP contribution is 2.31. The number of aromatic nitrogens is 2. The van der Waals surface area contributed by atoms with Crippen LogP contribution in [0, 0.1) is 12.8 Å². The molecule has 0 bridgehead atoms. The van der Waals surface area contributed by atoms with Crippen molar-refractivity contribution in [3.05, 3.63) is 62.2 Å². The van der Waals surface area contributed by atoms with Gasteiger partial charge in [0.15, 0.2) is 0 Å². The molecule has 220 valence electrons. The van der Waals surface area contributed by atoms with E-state index in [1.54, 1.807) is 6.07 Å². The normalized spacial score (nSPS) is 16.0. The van der Waals surface area contributed by atoms with Gasteiger partial charge in [-0.1, -0.05) is 25.4 Å². The second-order valence-electron chi connectivity index (χ2n) is 10.8. The molecule has 2 N–H and O–H groups in total. The predicted molar refractivity (Wildman–Crippen MR) is 167 cm³/mol. The van der Waals surface area contributed by atoms with Crippen LogP contribution < -0.4 is 15.5 Å². The van der Waals surface area contributed by atoms with Crippen molar-refractivity contribution in [3.8, 4) is 0 Å². The molecule has 1 aliphatic carbocycles. The van der Waals surface area contributed by atoms with Gasteiger partial charge in [0.25, 0.3) is 0 Å². The molecule has 10 heteroatoms. The molecule has 1 amide bonds. The first-order chi connectivity index (χ1) is 19.9. The SMILES string of the molecule is CCc1sc(CCc2cc(N3CCOCC3)cc(NC(CC)c3cc(Cl)cc(NC(=O)OCC4CC4)c3)n2)nc1C. The van der Waals surface area contributed by atoms with Crippen molar-refractivity contribution >= 4 is 46.2 Å². The van der Waals surface area contributed by atoms with Gasteiger partial charge in [-0.05, 0) is 74.8 Å².